The van der Waals surface area contributed by atoms with Crippen LogP contribution in [0.5, 0.6) is 0 Å². The summed E-state index contributed by atoms with van der Waals surface area (Å²) in [5.41, 5.74) is -1.24. The summed E-state index contributed by atoms with van der Waals surface area (Å²) in [6.45, 7) is 5.77. The van der Waals surface area contributed by atoms with E-state index in [9.17, 15) is 19.7 Å². The first-order valence-corrected chi connectivity index (χ1v) is 5.56. The zero-order valence-corrected chi connectivity index (χ0v) is 10.7. The molecule has 0 bridgehead atoms. The van der Waals surface area contributed by atoms with Crippen LogP contribution < -0.4 is 0 Å². The molecular weight excluding hydrogens is 226 g/mol. The zero-order valence-electron chi connectivity index (χ0n) is 10.7. The second-order valence-corrected chi connectivity index (χ2v) is 4.40. The van der Waals surface area contributed by atoms with Crippen LogP contribution in [0.3, 0.4) is 0 Å². The van der Waals surface area contributed by atoms with E-state index in [1.807, 2.05) is 0 Å². The molecule has 98 valence electrons. The van der Waals surface area contributed by atoms with Crippen molar-refractivity contribution in [2.45, 2.75) is 46.6 Å². The molecule has 0 radical (unpaired) electrons. The topological polar surface area (TPSA) is 86.5 Å². The molecule has 17 heavy (non-hydrogen) atoms. The van der Waals surface area contributed by atoms with Gasteiger partial charge in [0.2, 0.25) is 6.54 Å². The summed E-state index contributed by atoms with van der Waals surface area (Å²) in [5.74, 6) is -0.920. The van der Waals surface area contributed by atoms with Gasteiger partial charge in [0.05, 0.1) is 12.5 Å². The van der Waals surface area contributed by atoms with Crippen LogP contribution in [0.15, 0.2) is 0 Å². The van der Waals surface area contributed by atoms with Crippen LogP contribution in [-0.2, 0) is 14.3 Å². The summed E-state index contributed by atoms with van der Waals surface area (Å²) in [6.07, 6.45) is -0.284. The van der Waals surface area contributed by atoms with Crippen LogP contribution in [0.2, 0.25) is 0 Å². The molecular formula is C11H19NO5. The third kappa shape index (κ3) is 4.93. The molecule has 0 spiro atoms. The van der Waals surface area contributed by atoms with Crippen molar-refractivity contribution in [1.29, 1.82) is 0 Å². The molecule has 0 amide bonds. The van der Waals surface area contributed by atoms with Crippen molar-refractivity contribution in [3.8, 4) is 0 Å². The SMILES string of the molecule is CCC(CC(=O)OC(C)C)(C[N+](=O)[O-])C(C)=O. The first-order valence-electron chi connectivity index (χ1n) is 5.56. The average Bonchev–Trinajstić information content (AvgIpc) is 2.13. The number of ketones is 1. The van der Waals surface area contributed by atoms with E-state index in [2.05, 4.69) is 0 Å². The molecule has 1 unspecified atom stereocenters. The van der Waals surface area contributed by atoms with E-state index in [1.54, 1.807) is 20.8 Å². The van der Waals surface area contributed by atoms with Crippen molar-refractivity contribution in [1.82, 2.24) is 0 Å². The monoisotopic (exact) mass is 245 g/mol. The molecule has 0 N–H and O–H groups in total. The van der Waals surface area contributed by atoms with Gasteiger partial charge in [-0.25, -0.2) is 0 Å². The minimum absolute atomic E-state index is 0.238. The highest BCUT2D eigenvalue weighted by Gasteiger charge is 2.41. The maximum absolute atomic E-state index is 11.5. The fraction of sp³-hybridized carbons (Fsp3) is 0.818. The van der Waals surface area contributed by atoms with Crippen molar-refractivity contribution < 1.29 is 19.2 Å². The number of nitro groups is 1. The van der Waals surface area contributed by atoms with E-state index >= 15 is 0 Å². The quantitative estimate of drug-likeness (QED) is 0.386. The van der Waals surface area contributed by atoms with Crippen molar-refractivity contribution in [2.75, 3.05) is 6.54 Å². The predicted molar refractivity (Wildman–Crippen MR) is 61.1 cm³/mol. The smallest absolute Gasteiger partial charge is 0.307 e. The van der Waals surface area contributed by atoms with Gasteiger partial charge in [-0.1, -0.05) is 6.92 Å². The average molecular weight is 245 g/mol. The van der Waals surface area contributed by atoms with Gasteiger partial charge in [0, 0.05) is 4.92 Å². The largest absolute Gasteiger partial charge is 0.463 e. The molecule has 0 aromatic heterocycles. The van der Waals surface area contributed by atoms with Gasteiger partial charge in [0.15, 0.2) is 0 Å². The Kier molecular flexibility index (Phi) is 5.78. The third-order valence-corrected chi connectivity index (χ3v) is 2.71. The molecule has 1 atom stereocenters. The predicted octanol–water partition coefficient (Wildman–Crippen LogP) is 1.59. The van der Waals surface area contributed by atoms with Gasteiger partial charge < -0.3 is 4.74 Å². The second kappa shape index (κ2) is 6.32. The molecule has 0 rings (SSSR count). The second-order valence-electron chi connectivity index (χ2n) is 4.40. The molecule has 6 heteroatoms. The number of esters is 1. The van der Waals surface area contributed by atoms with Crippen LogP contribution in [0.25, 0.3) is 0 Å². The number of ether oxygens (including phenoxy) is 1. The minimum Gasteiger partial charge on any atom is -0.463 e. The Labute approximate surface area is 100 Å². The van der Waals surface area contributed by atoms with Crippen molar-refractivity contribution in [3.05, 3.63) is 10.1 Å². The van der Waals surface area contributed by atoms with Crippen LogP contribution in [-0.4, -0.2) is 29.3 Å². The van der Waals surface area contributed by atoms with Gasteiger partial charge in [0.1, 0.15) is 11.2 Å². The summed E-state index contributed by atoms with van der Waals surface area (Å²) in [7, 11) is 0. The maximum Gasteiger partial charge on any atom is 0.307 e. The lowest BCUT2D eigenvalue weighted by Gasteiger charge is -2.24. The Balaban J connectivity index is 4.86. The first-order chi connectivity index (χ1) is 7.73. The van der Waals surface area contributed by atoms with Gasteiger partial charge in [-0.3, -0.25) is 19.7 Å². The number of carbonyl (C=O) groups is 2. The Morgan fingerprint density at radius 1 is 1.41 bits per heavy atom. The molecule has 0 heterocycles. The van der Waals surface area contributed by atoms with Crippen LogP contribution in [0.1, 0.15) is 40.5 Å². The summed E-state index contributed by atoms with van der Waals surface area (Å²) in [4.78, 5) is 33.1. The zero-order chi connectivity index (χ0) is 13.6. The van der Waals surface area contributed by atoms with Gasteiger partial charge in [0.25, 0.3) is 0 Å². The first kappa shape index (κ1) is 15.5. The van der Waals surface area contributed by atoms with Crippen molar-refractivity contribution >= 4 is 11.8 Å². The van der Waals surface area contributed by atoms with Crippen molar-refractivity contribution in [2.24, 2.45) is 5.41 Å². The molecule has 0 aromatic rings. The van der Waals surface area contributed by atoms with E-state index in [0.717, 1.165) is 0 Å². The Morgan fingerprint density at radius 2 is 1.94 bits per heavy atom. The Morgan fingerprint density at radius 3 is 2.24 bits per heavy atom. The number of rotatable bonds is 7. The van der Waals surface area contributed by atoms with E-state index in [0.29, 0.717) is 0 Å². The standard InChI is InChI=1S/C11H19NO5/c1-5-11(9(4)13,7-12(15)16)6-10(14)17-8(2)3/h8H,5-7H2,1-4H3. The maximum atomic E-state index is 11.5. The van der Waals surface area contributed by atoms with Crippen LogP contribution in [0, 0.1) is 15.5 Å². The van der Waals surface area contributed by atoms with Gasteiger partial charge in [-0.2, -0.15) is 0 Å². The van der Waals surface area contributed by atoms with Crippen molar-refractivity contribution in [3.63, 3.8) is 0 Å². The molecule has 0 aliphatic carbocycles. The highest BCUT2D eigenvalue weighted by Crippen LogP contribution is 2.29. The number of nitrogens with zero attached hydrogens (tertiary/aromatic N) is 1. The highest BCUT2D eigenvalue weighted by molar-refractivity contribution is 5.87. The van der Waals surface area contributed by atoms with E-state index in [-0.39, 0.29) is 24.7 Å². The van der Waals surface area contributed by atoms with Gasteiger partial charge in [-0.15, -0.1) is 0 Å². The Hall–Kier alpha value is -1.46. The lowest BCUT2D eigenvalue weighted by Crippen LogP contribution is -2.39. The van der Waals surface area contributed by atoms with Crippen LogP contribution >= 0.6 is 0 Å². The molecule has 0 saturated carbocycles. The number of Topliss-reactive ketones (excluding diaryl/α,β-unsaturated/α-hetero) is 1. The van der Waals surface area contributed by atoms with Gasteiger partial charge >= 0.3 is 5.97 Å². The molecule has 0 aliphatic heterocycles. The fourth-order valence-electron chi connectivity index (χ4n) is 1.61. The summed E-state index contributed by atoms with van der Waals surface area (Å²) in [5, 5.41) is 10.6. The normalized spacial score (nSPS) is 14.2. The van der Waals surface area contributed by atoms with Crippen LogP contribution in [0.4, 0.5) is 0 Å². The summed E-state index contributed by atoms with van der Waals surface area (Å²) >= 11 is 0. The lowest BCUT2D eigenvalue weighted by molar-refractivity contribution is -0.494. The molecule has 6 nitrogen and oxygen atoms in total. The van der Waals surface area contributed by atoms with E-state index in [1.165, 1.54) is 6.92 Å². The van der Waals surface area contributed by atoms with E-state index < -0.39 is 22.9 Å². The highest BCUT2D eigenvalue weighted by atomic mass is 16.6. The summed E-state index contributed by atoms with van der Waals surface area (Å²) < 4.78 is 4.93. The molecule has 0 aromatic carbocycles. The number of hydrogen-bond acceptors (Lipinski definition) is 5. The third-order valence-electron chi connectivity index (χ3n) is 2.71. The molecule has 0 aliphatic rings. The summed E-state index contributed by atoms with van der Waals surface area (Å²) in [6, 6.07) is 0. The molecule has 0 saturated heterocycles. The minimum atomic E-state index is -1.24. The number of carbonyl (C=O) groups excluding carboxylic acids is 2. The van der Waals surface area contributed by atoms with Gasteiger partial charge in [-0.05, 0) is 27.2 Å². The fourth-order valence-corrected chi connectivity index (χ4v) is 1.61. The molecule has 0 fully saturated rings. The lowest BCUT2D eigenvalue weighted by atomic mass is 9.78. The number of hydrogen-bond donors (Lipinski definition) is 0. The Bertz CT molecular complexity index is 313. The van der Waals surface area contributed by atoms with E-state index in [4.69, 9.17) is 4.74 Å².